The normalized spacial score (nSPS) is 30.4. The number of ether oxygens (including phenoxy) is 1. The molecule has 0 spiro atoms. The highest BCUT2D eigenvalue weighted by Gasteiger charge is 2.51. The molecule has 0 radical (unpaired) electrons. The van der Waals surface area contributed by atoms with Crippen molar-refractivity contribution in [2.75, 3.05) is 6.61 Å². The smallest absolute Gasteiger partial charge is 0.330 e. The molecule has 0 saturated heterocycles. The predicted octanol–water partition coefficient (Wildman–Crippen LogP) is 9.64. The van der Waals surface area contributed by atoms with Gasteiger partial charge in [0.15, 0.2) is 16.6 Å². The van der Waals surface area contributed by atoms with Gasteiger partial charge in [0, 0.05) is 24.5 Å². The zero-order valence-corrected chi connectivity index (χ0v) is 29.7. The van der Waals surface area contributed by atoms with Crippen LogP contribution in [0, 0.1) is 17.8 Å². The van der Waals surface area contributed by atoms with Gasteiger partial charge in [0.1, 0.15) is 6.10 Å². The fraction of sp³-hybridized carbons (Fsp3) is 0.743. The zero-order valence-electron chi connectivity index (χ0n) is 27.7. The van der Waals surface area contributed by atoms with E-state index >= 15 is 0 Å². The zero-order chi connectivity index (χ0) is 30.2. The molecular weight excluding hydrogens is 541 g/mol. The van der Waals surface area contributed by atoms with Crippen LogP contribution in [0.15, 0.2) is 42.0 Å². The highest BCUT2D eigenvalue weighted by Crippen LogP contribution is 2.53. The van der Waals surface area contributed by atoms with Gasteiger partial charge >= 0.3 is 5.97 Å². The van der Waals surface area contributed by atoms with Crippen LogP contribution in [0.25, 0.3) is 0 Å². The lowest BCUT2D eigenvalue weighted by Gasteiger charge is -2.42. The van der Waals surface area contributed by atoms with E-state index in [4.69, 9.17) is 13.6 Å². The Bertz CT molecular complexity index is 1070. The lowest BCUT2D eigenvalue weighted by molar-refractivity contribution is -0.145. The van der Waals surface area contributed by atoms with Crippen molar-refractivity contribution in [3.05, 3.63) is 47.5 Å². The van der Waals surface area contributed by atoms with Crippen molar-refractivity contribution in [3.63, 3.8) is 0 Å². The SMILES string of the molecule is CC(C)(C)[Si](C)(C)OC[C@H]1[C@H]2CC(=CC(=O)OC3CCCCC3c3ccccc3)C[C@H]2C[C@H]1O[Si](C)(C)C(C)(C)C. The largest absolute Gasteiger partial charge is 0.459 e. The van der Waals surface area contributed by atoms with Gasteiger partial charge in [-0.2, -0.15) is 0 Å². The molecule has 6 atom stereocenters. The van der Waals surface area contributed by atoms with E-state index in [9.17, 15) is 4.79 Å². The first-order valence-corrected chi connectivity index (χ1v) is 22.1. The van der Waals surface area contributed by atoms with E-state index in [1.807, 2.05) is 6.08 Å². The summed E-state index contributed by atoms with van der Waals surface area (Å²) in [4.78, 5) is 13.2. The van der Waals surface area contributed by atoms with Crippen LogP contribution in [0.3, 0.4) is 0 Å². The topological polar surface area (TPSA) is 44.8 Å². The molecule has 41 heavy (non-hydrogen) atoms. The van der Waals surface area contributed by atoms with Crippen LogP contribution < -0.4 is 0 Å². The minimum absolute atomic E-state index is 0.0236. The summed E-state index contributed by atoms with van der Waals surface area (Å²) in [6, 6.07) is 10.6. The fourth-order valence-corrected chi connectivity index (χ4v) is 9.20. The summed E-state index contributed by atoms with van der Waals surface area (Å²) < 4.78 is 20.1. The first-order valence-electron chi connectivity index (χ1n) is 16.3. The van der Waals surface area contributed by atoms with Gasteiger partial charge in [-0.05, 0) is 92.2 Å². The van der Waals surface area contributed by atoms with Crippen molar-refractivity contribution in [3.8, 4) is 0 Å². The lowest BCUT2D eigenvalue weighted by atomic mass is 9.81. The van der Waals surface area contributed by atoms with Gasteiger partial charge in [-0.15, -0.1) is 0 Å². The lowest BCUT2D eigenvalue weighted by Crippen LogP contribution is -2.47. The Hall–Kier alpha value is -1.22. The maximum absolute atomic E-state index is 13.2. The summed E-state index contributed by atoms with van der Waals surface area (Å²) in [5.74, 6) is 1.62. The second kappa shape index (κ2) is 12.4. The van der Waals surface area contributed by atoms with E-state index in [1.54, 1.807) is 0 Å². The summed E-state index contributed by atoms with van der Waals surface area (Å²) >= 11 is 0. The first kappa shape index (κ1) is 32.7. The average Bonchev–Trinajstić information content (AvgIpc) is 3.38. The molecule has 0 bridgehead atoms. The van der Waals surface area contributed by atoms with Gasteiger partial charge in [-0.1, -0.05) is 83.9 Å². The van der Waals surface area contributed by atoms with Gasteiger partial charge in [0.25, 0.3) is 0 Å². The Morgan fingerprint density at radius 3 is 2.15 bits per heavy atom. The summed E-state index contributed by atoms with van der Waals surface area (Å²) in [7, 11) is -3.78. The van der Waals surface area contributed by atoms with Gasteiger partial charge in [-0.3, -0.25) is 0 Å². The maximum Gasteiger partial charge on any atom is 0.330 e. The summed E-state index contributed by atoms with van der Waals surface area (Å²) in [6.07, 6.45) is 9.49. The van der Waals surface area contributed by atoms with Crippen LogP contribution in [0.4, 0.5) is 0 Å². The molecule has 0 N–H and O–H groups in total. The van der Waals surface area contributed by atoms with E-state index in [0.717, 1.165) is 45.1 Å². The maximum atomic E-state index is 13.2. The number of fused-ring (bicyclic) bond motifs is 1. The standard InChI is InChI=1S/C35H58O4Si2/c1-34(2,3)40(7,8)37-24-30-29-21-25(20-27(29)23-32(30)39-41(9,10)35(4,5)6)22-33(36)38-31-19-15-14-18-28(31)26-16-12-11-13-17-26/h11-13,16-17,22,27-32H,14-15,18-21,23-24H2,1-10H3/t27-,28?,29-,30-,31?,32+/m0/s1. The van der Waals surface area contributed by atoms with Crippen LogP contribution >= 0.6 is 0 Å². The molecule has 230 valence electrons. The molecule has 2 unspecified atom stereocenters. The third-order valence-electron chi connectivity index (χ3n) is 11.4. The molecule has 0 aromatic heterocycles. The van der Waals surface area contributed by atoms with Crippen LogP contribution in [0.2, 0.25) is 36.3 Å². The number of hydrogen-bond donors (Lipinski definition) is 0. The number of esters is 1. The van der Waals surface area contributed by atoms with Gasteiger partial charge in [0.05, 0.1) is 6.10 Å². The number of rotatable bonds is 8. The molecule has 4 nitrogen and oxygen atoms in total. The molecule has 1 aromatic carbocycles. The molecule has 6 heteroatoms. The molecule has 0 aliphatic heterocycles. The molecule has 3 aliphatic carbocycles. The Kier molecular flexibility index (Phi) is 9.90. The first-order chi connectivity index (χ1) is 19.0. The molecule has 0 heterocycles. The van der Waals surface area contributed by atoms with Crippen LogP contribution in [0.1, 0.15) is 98.0 Å². The van der Waals surface area contributed by atoms with Crippen LogP contribution in [0.5, 0.6) is 0 Å². The van der Waals surface area contributed by atoms with Crippen molar-refractivity contribution in [1.82, 2.24) is 0 Å². The number of hydrogen-bond acceptors (Lipinski definition) is 4. The fourth-order valence-electron chi connectivity index (χ4n) is 6.78. The predicted molar refractivity (Wildman–Crippen MR) is 175 cm³/mol. The molecular formula is C35H58O4Si2. The molecule has 3 fully saturated rings. The Labute approximate surface area is 253 Å². The summed E-state index contributed by atoms with van der Waals surface area (Å²) in [6.45, 7) is 24.2. The van der Waals surface area contributed by atoms with Crippen molar-refractivity contribution in [2.45, 2.75) is 141 Å². The quantitative estimate of drug-likeness (QED) is 0.170. The van der Waals surface area contributed by atoms with Crippen molar-refractivity contribution >= 4 is 22.6 Å². The van der Waals surface area contributed by atoms with E-state index < -0.39 is 16.6 Å². The highest BCUT2D eigenvalue weighted by atomic mass is 28.4. The number of carbonyl (C=O) groups is 1. The Balaban J connectivity index is 1.46. The summed E-state index contributed by atoms with van der Waals surface area (Å²) in [5.41, 5.74) is 2.56. The number of benzene rings is 1. The van der Waals surface area contributed by atoms with Crippen LogP contribution in [-0.2, 0) is 18.4 Å². The van der Waals surface area contributed by atoms with Crippen molar-refractivity contribution in [2.24, 2.45) is 17.8 Å². The Morgan fingerprint density at radius 1 is 0.878 bits per heavy atom. The second-order valence-electron chi connectivity index (χ2n) is 16.3. The number of carbonyl (C=O) groups excluding carboxylic acids is 1. The molecule has 4 rings (SSSR count). The number of allylic oxidation sites excluding steroid dienone is 1. The van der Waals surface area contributed by atoms with E-state index in [2.05, 4.69) is 98.1 Å². The van der Waals surface area contributed by atoms with Crippen LogP contribution in [-0.4, -0.2) is 41.4 Å². The van der Waals surface area contributed by atoms with E-state index in [0.29, 0.717) is 23.7 Å². The Morgan fingerprint density at radius 2 is 1.51 bits per heavy atom. The van der Waals surface area contributed by atoms with Gasteiger partial charge < -0.3 is 13.6 Å². The average molecular weight is 599 g/mol. The summed E-state index contributed by atoms with van der Waals surface area (Å²) in [5, 5.41) is 0.364. The van der Waals surface area contributed by atoms with Crippen molar-refractivity contribution in [1.29, 1.82) is 0 Å². The van der Waals surface area contributed by atoms with E-state index in [1.165, 1.54) is 17.6 Å². The minimum atomic E-state index is -1.91. The van der Waals surface area contributed by atoms with Crippen molar-refractivity contribution < 1.29 is 18.4 Å². The third kappa shape index (κ3) is 7.66. The second-order valence-corrected chi connectivity index (χ2v) is 25.9. The van der Waals surface area contributed by atoms with E-state index in [-0.39, 0.29) is 28.3 Å². The third-order valence-corrected chi connectivity index (χ3v) is 20.4. The molecule has 1 aromatic rings. The van der Waals surface area contributed by atoms with Gasteiger partial charge in [-0.25, -0.2) is 4.79 Å². The molecule has 3 aliphatic rings. The van der Waals surface area contributed by atoms with Gasteiger partial charge in [0.2, 0.25) is 0 Å². The minimum Gasteiger partial charge on any atom is -0.459 e. The highest BCUT2D eigenvalue weighted by molar-refractivity contribution is 6.74. The monoisotopic (exact) mass is 598 g/mol. The molecule has 0 amide bonds. The molecule has 3 saturated carbocycles.